The van der Waals surface area contributed by atoms with E-state index in [1.807, 2.05) is 30.0 Å². The van der Waals surface area contributed by atoms with Crippen molar-refractivity contribution in [3.8, 4) is 0 Å². The van der Waals surface area contributed by atoms with Gasteiger partial charge in [-0.1, -0.05) is 18.2 Å². The number of pyridine rings is 1. The van der Waals surface area contributed by atoms with Crippen molar-refractivity contribution >= 4 is 22.3 Å². The summed E-state index contributed by atoms with van der Waals surface area (Å²) in [6.45, 7) is 3.34. The van der Waals surface area contributed by atoms with E-state index in [0.717, 1.165) is 28.8 Å². The number of halogens is 2. The average Bonchev–Trinajstić information content (AvgIpc) is 2.69. The Morgan fingerprint density at radius 3 is 2.69 bits per heavy atom. The Balaban J connectivity index is 1.54. The second kappa shape index (κ2) is 7.02. The van der Waals surface area contributed by atoms with Gasteiger partial charge in [-0.05, 0) is 30.0 Å². The van der Waals surface area contributed by atoms with Gasteiger partial charge in [0.25, 0.3) is 0 Å². The maximum Gasteiger partial charge on any atom is 0.149 e. The molecule has 4 heterocycles. The molecule has 0 radical (unpaired) electrons. The van der Waals surface area contributed by atoms with Gasteiger partial charge in [-0.2, -0.15) is 0 Å². The standard InChI is InChI=1S/C22H21F2N3O2/c1-12-3-2-4-16-20(12)17(22(28)27-10-14-8-15(11-27)29-14)9-25-21(16)26-19-6-5-13(23)7-18(19)24/h2-7,9,14-15,22,28H,8,10-11H2,1H3,(H,25,26). The number of ether oxygens (including phenoxy) is 1. The van der Waals surface area contributed by atoms with E-state index >= 15 is 0 Å². The van der Waals surface area contributed by atoms with Crippen LogP contribution in [-0.4, -0.2) is 40.3 Å². The molecule has 3 unspecified atom stereocenters. The predicted molar refractivity (Wildman–Crippen MR) is 106 cm³/mol. The fraction of sp³-hybridized carbons (Fsp3) is 0.318. The largest absolute Gasteiger partial charge is 0.374 e. The number of anilines is 2. The number of benzene rings is 2. The van der Waals surface area contributed by atoms with Crippen molar-refractivity contribution < 1.29 is 18.6 Å². The van der Waals surface area contributed by atoms with Crippen LogP contribution >= 0.6 is 0 Å². The molecule has 7 heteroatoms. The second-order valence-electron chi connectivity index (χ2n) is 7.75. The topological polar surface area (TPSA) is 57.6 Å². The molecule has 2 N–H and O–H groups in total. The van der Waals surface area contributed by atoms with Crippen LogP contribution < -0.4 is 5.32 Å². The SMILES string of the molecule is Cc1cccc2c(Nc3ccc(F)cc3F)ncc(C(O)N3CC4CC(C3)O4)c12. The Labute approximate surface area is 166 Å². The Morgan fingerprint density at radius 1 is 1.21 bits per heavy atom. The monoisotopic (exact) mass is 397 g/mol. The molecule has 2 bridgehead atoms. The van der Waals surface area contributed by atoms with E-state index in [-0.39, 0.29) is 17.9 Å². The van der Waals surface area contributed by atoms with Gasteiger partial charge in [0, 0.05) is 42.7 Å². The Bertz CT molecular complexity index is 1080. The summed E-state index contributed by atoms with van der Waals surface area (Å²) in [5.74, 6) is -0.872. The van der Waals surface area contributed by atoms with Gasteiger partial charge in [0.1, 0.15) is 23.7 Å². The summed E-state index contributed by atoms with van der Waals surface area (Å²) in [6.07, 6.45) is 2.26. The number of rotatable bonds is 4. The van der Waals surface area contributed by atoms with Gasteiger partial charge in [-0.3, -0.25) is 4.90 Å². The highest BCUT2D eigenvalue weighted by molar-refractivity contribution is 5.97. The highest BCUT2D eigenvalue weighted by atomic mass is 19.1. The van der Waals surface area contributed by atoms with Crippen molar-refractivity contribution in [3.63, 3.8) is 0 Å². The minimum Gasteiger partial charge on any atom is -0.374 e. The Kier molecular flexibility index (Phi) is 4.46. The van der Waals surface area contributed by atoms with Gasteiger partial charge in [0.15, 0.2) is 0 Å². The zero-order valence-corrected chi connectivity index (χ0v) is 15.9. The number of aromatic nitrogens is 1. The number of aryl methyl sites for hydroxylation is 1. The highest BCUT2D eigenvalue weighted by Gasteiger charge is 2.41. The summed E-state index contributed by atoms with van der Waals surface area (Å²) in [6, 6.07) is 9.12. The van der Waals surface area contributed by atoms with Crippen molar-refractivity contribution in [3.05, 3.63) is 65.4 Å². The molecule has 2 aromatic carbocycles. The summed E-state index contributed by atoms with van der Waals surface area (Å²) in [5.41, 5.74) is 1.84. The average molecular weight is 397 g/mol. The molecule has 150 valence electrons. The van der Waals surface area contributed by atoms with E-state index in [2.05, 4.69) is 10.3 Å². The number of hydrogen-bond donors (Lipinski definition) is 2. The fourth-order valence-electron chi connectivity index (χ4n) is 4.31. The van der Waals surface area contributed by atoms with Crippen molar-refractivity contribution in [2.45, 2.75) is 31.8 Å². The molecule has 3 saturated heterocycles. The van der Waals surface area contributed by atoms with Crippen LogP contribution in [0.5, 0.6) is 0 Å². The van der Waals surface area contributed by atoms with Gasteiger partial charge >= 0.3 is 0 Å². The summed E-state index contributed by atoms with van der Waals surface area (Å²) in [5, 5.41) is 15.7. The molecule has 3 aliphatic rings. The van der Waals surface area contributed by atoms with Crippen LogP contribution in [-0.2, 0) is 4.74 Å². The number of aliphatic hydroxyl groups is 1. The van der Waals surface area contributed by atoms with Gasteiger partial charge in [0.05, 0.1) is 17.9 Å². The third-order valence-electron chi connectivity index (χ3n) is 5.74. The molecule has 3 aliphatic heterocycles. The molecule has 0 spiro atoms. The summed E-state index contributed by atoms with van der Waals surface area (Å²) in [7, 11) is 0. The summed E-state index contributed by atoms with van der Waals surface area (Å²) < 4.78 is 33.0. The Morgan fingerprint density at radius 2 is 1.97 bits per heavy atom. The van der Waals surface area contributed by atoms with Crippen molar-refractivity contribution in [1.82, 2.24) is 9.88 Å². The number of piperidine rings is 1. The first-order valence-corrected chi connectivity index (χ1v) is 9.67. The van der Waals surface area contributed by atoms with Crippen molar-refractivity contribution in [2.24, 2.45) is 0 Å². The first-order valence-electron chi connectivity index (χ1n) is 9.67. The molecule has 3 aromatic rings. The molecular weight excluding hydrogens is 376 g/mol. The lowest BCUT2D eigenvalue weighted by molar-refractivity contribution is -0.207. The number of fused-ring (bicyclic) bond motifs is 3. The van der Waals surface area contributed by atoms with E-state index in [1.54, 1.807) is 6.20 Å². The molecule has 1 aromatic heterocycles. The van der Waals surface area contributed by atoms with Crippen LogP contribution in [0.1, 0.15) is 23.8 Å². The van der Waals surface area contributed by atoms with Gasteiger partial charge in [0.2, 0.25) is 0 Å². The normalized spacial score (nSPS) is 22.3. The molecule has 3 atom stereocenters. The van der Waals surface area contributed by atoms with Crippen molar-refractivity contribution in [2.75, 3.05) is 18.4 Å². The molecule has 0 saturated carbocycles. The first-order chi connectivity index (χ1) is 14.0. The quantitative estimate of drug-likeness (QED) is 0.696. The maximum absolute atomic E-state index is 14.1. The summed E-state index contributed by atoms with van der Waals surface area (Å²) in [4.78, 5) is 6.48. The van der Waals surface area contributed by atoms with Crippen LogP contribution in [0.15, 0.2) is 42.6 Å². The third kappa shape index (κ3) is 3.25. The third-order valence-corrected chi connectivity index (χ3v) is 5.74. The minimum absolute atomic E-state index is 0.142. The minimum atomic E-state index is -0.795. The predicted octanol–water partition coefficient (Wildman–Crippen LogP) is 4.03. The highest BCUT2D eigenvalue weighted by Crippen LogP contribution is 2.37. The maximum atomic E-state index is 14.1. The summed E-state index contributed by atoms with van der Waals surface area (Å²) >= 11 is 0. The second-order valence-corrected chi connectivity index (χ2v) is 7.75. The van der Waals surface area contributed by atoms with E-state index in [1.165, 1.54) is 12.1 Å². The van der Waals surface area contributed by atoms with Crippen LogP contribution in [0, 0.1) is 18.6 Å². The smallest absolute Gasteiger partial charge is 0.149 e. The van der Waals surface area contributed by atoms with E-state index < -0.39 is 17.9 Å². The molecule has 5 nitrogen and oxygen atoms in total. The fourth-order valence-corrected chi connectivity index (χ4v) is 4.31. The lowest BCUT2D eigenvalue weighted by atomic mass is 9.96. The molecule has 0 amide bonds. The number of morpholine rings is 1. The lowest BCUT2D eigenvalue weighted by Gasteiger charge is -2.48. The molecular formula is C22H21F2N3O2. The molecule has 29 heavy (non-hydrogen) atoms. The molecule has 6 rings (SSSR count). The van der Waals surface area contributed by atoms with Crippen LogP contribution in [0.25, 0.3) is 10.8 Å². The van der Waals surface area contributed by atoms with Crippen LogP contribution in [0.2, 0.25) is 0 Å². The van der Waals surface area contributed by atoms with Crippen LogP contribution in [0.4, 0.5) is 20.3 Å². The zero-order chi connectivity index (χ0) is 20.1. The lowest BCUT2D eigenvalue weighted by Crippen LogP contribution is -2.57. The number of nitrogens with one attached hydrogen (secondary N) is 1. The van der Waals surface area contributed by atoms with E-state index in [9.17, 15) is 13.9 Å². The van der Waals surface area contributed by atoms with Gasteiger partial charge in [-0.15, -0.1) is 0 Å². The van der Waals surface area contributed by atoms with Crippen molar-refractivity contribution in [1.29, 1.82) is 0 Å². The van der Waals surface area contributed by atoms with Gasteiger partial charge < -0.3 is 15.2 Å². The van der Waals surface area contributed by atoms with E-state index in [0.29, 0.717) is 24.5 Å². The molecule has 0 aliphatic carbocycles. The van der Waals surface area contributed by atoms with Gasteiger partial charge in [-0.25, -0.2) is 13.8 Å². The number of aliphatic hydroxyl groups excluding tert-OH is 1. The first kappa shape index (κ1) is 18.4. The Hall–Kier alpha value is -2.61. The number of nitrogens with zero attached hydrogens (tertiary/aromatic N) is 2. The number of hydrogen-bond acceptors (Lipinski definition) is 5. The zero-order valence-electron chi connectivity index (χ0n) is 15.9. The molecule has 3 fully saturated rings. The van der Waals surface area contributed by atoms with E-state index in [4.69, 9.17) is 4.74 Å². The van der Waals surface area contributed by atoms with Crippen LogP contribution in [0.3, 0.4) is 0 Å².